The molecule has 1 unspecified atom stereocenters. The van der Waals surface area contributed by atoms with Crippen LogP contribution < -0.4 is 10.6 Å². The highest BCUT2D eigenvalue weighted by atomic mass is 32.2. The number of rotatable bonds is 5. The van der Waals surface area contributed by atoms with Crippen molar-refractivity contribution in [2.24, 2.45) is 5.92 Å². The molecule has 0 radical (unpaired) electrons. The number of carbonyl (C=O) groups is 2. The average Bonchev–Trinajstić information content (AvgIpc) is 2.94. The highest BCUT2D eigenvalue weighted by Crippen LogP contribution is 2.30. The lowest BCUT2D eigenvalue weighted by atomic mass is 10.2. The van der Waals surface area contributed by atoms with Gasteiger partial charge in [0.2, 0.25) is 5.91 Å². The number of amides is 3. The van der Waals surface area contributed by atoms with E-state index in [1.165, 1.54) is 13.0 Å². The number of nitrogens with one attached hydrogen (secondary N) is 2. The lowest BCUT2D eigenvalue weighted by molar-refractivity contribution is -0.137. The average molecular weight is 389 g/mol. The minimum absolute atomic E-state index is 0.122. The number of urea groups is 1. The van der Waals surface area contributed by atoms with Crippen molar-refractivity contribution in [2.75, 3.05) is 6.54 Å². The summed E-state index contributed by atoms with van der Waals surface area (Å²) in [6.45, 7) is 5.75. The highest BCUT2D eigenvalue weighted by Gasteiger charge is 2.31. The zero-order valence-corrected chi connectivity index (χ0v) is 15.1. The summed E-state index contributed by atoms with van der Waals surface area (Å²) in [7, 11) is 0. The van der Waals surface area contributed by atoms with E-state index in [9.17, 15) is 22.8 Å². The van der Waals surface area contributed by atoms with Gasteiger partial charge >= 0.3 is 12.2 Å². The number of alkyl halides is 3. The van der Waals surface area contributed by atoms with Gasteiger partial charge in [-0.2, -0.15) is 13.2 Å². The molecule has 0 aliphatic rings. The minimum atomic E-state index is -4.50. The third kappa shape index (κ3) is 5.10. The largest absolute Gasteiger partial charge is 0.417 e. The van der Waals surface area contributed by atoms with Crippen LogP contribution in [-0.2, 0) is 11.0 Å². The first-order valence-corrected chi connectivity index (χ1v) is 8.63. The van der Waals surface area contributed by atoms with Gasteiger partial charge in [0, 0.05) is 12.7 Å². The van der Waals surface area contributed by atoms with Gasteiger partial charge in [0.25, 0.3) is 0 Å². The Morgan fingerprint density at radius 1 is 1.23 bits per heavy atom. The van der Waals surface area contributed by atoms with Crippen molar-refractivity contribution < 1.29 is 22.8 Å². The van der Waals surface area contributed by atoms with Gasteiger partial charge in [0.15, 0.2) is 10.8 Å². The number of pyridine rings is 1. The summed E-state index contributed by atoms with van der Waals surface area (Å²) in [4.78, 5) is 23.7. The third-order valence-corrected chi connectivity index (χ3v) is 4.31. The molecule has 0 bridgehead atoms. The Balaban J connectivity index is 2.07. The molecule has 2 heterocycles. The number of carbonyl (C=O) groups excluding carboxylic acids is 2. The Morgan fingerprint density at radius 3 is 2.54 bits per heavy atom. The second-order valence-electron chi connectivity index (χ2n) is 5.98. The van der Waals surface area contributed by atoms with Crippen LogP contribution in [0.4, 0.5) is 18.0 Å². The van der Waals surface area contributed by atoms with Gasteiger partial charge in [-0.1, -0.05) is 25.6 Å². The van der Waals surface area contributed by atoms with Gasteiger partial charge in [-0.3, -0.25) is 14.5 Å². The Kier molecular flexibility index (Phi) is 6.11. The van der Waals surface area contributed by atoms with Crippen LogP contribution in [0.15, 0.2) is 23.5 Å². The van der Waals surface area contributed by atoms with Crippen molar-refractivity contribution >= 4 is 29.3 Å². The molecule has 0 aromatic carbocycles. The number of imide groups is 1. The monoisotopic (exact) mass is 389 g/mol. The molecule has 2 aromatic heterocycles. The normalized spacial score (nSPS) is 13.0. The number of hydrogen-bond acceptors (Lipinski definition) is 5. The Morgan fingerprint density at radius 2 is 1.92 bits per heavy atom. The summed E-state index contributed by atoms with van der Waals surface area (Å²) in [5.41, 5.74) is -0.625. The van der Waals surface area contributed by atoms with Crippen LogP contribution in [-0.4, -0.2) is 38.3 Å². The first kappa shape index (κ1) is 20.0. The molecule has 2 N–H and O–H groups in total. The molecular formula is C15H18F3N5O2S. The second-order valence-corrected chi connectivity index (χ2v) is 7.29. The van der Waals surface area contributed by atoms with Crippen LogP contribution >= 0.6 is 11.8 Å². The van der Waals surface area contributed by atoms with Crippen LogP contribution in [0.25, 0.3) is 5.65 Å². The van der Waals surface area contributed by atoms with Crippen molar-refractivity contribution in [1.29, 1.82) is 0 Å². The molecule has 7 nitrogen and oxygen atoms in total. The summed E-state index contributed by atoms with van der Waals surface area (Å²) < 4.78 is 39.7. The maximum atomic E-state index is 12.8. The van der Waals surface area contributed by atoms with Crippen molar-refractivity contribution in [3.63, 3.8) is 0 Å². The molecule has 0 spiro atoms. The number of halogens is 3. The highest BCUT2D eigenvalue weighted by molar-refractivity contribution is 8.00. The molecule has 2 aromatic rings. The van der Waals surface area contributed by atoms with E-state index < -0.39 is 28.9 Å². The Labute approximate surface area is 151 Å². The fourth-order valence-corrected chi connectivity index (χ4v) is 2.71. The quantitative estimate of drug-likeness (QED) is 0.768. The van der Waals surface area contributed by atoms with E-state index in [0.29, 0.717) is 6.54 Å². The standard InChI is InChI=1S/C15H18F3N5O2S/c1-8(2)6-19-13(25)20-12(24)9(3)26-14-22-21-11-5-4-10(7-23(11)14)15(16,17)18/h4-5,7-9H,6H2,1-3H3,(H2,19,20,24,25). The number of hydrogen-bond donors (Lipinski definition) is 2. The number of fused-ring (bicyclic) bond motifs is 1. The van der Waals surface area contributed by atoms with E-state index >= 15 is 0 Å². The summed E-state index contributed by atoms with van der Waals surface area (Å²) >= 11 is 0.904. The molecule has 2 rings (SSSR count). The first-order valence-electron chi connectivity index (χ1n) is 7.75. The number of nitrogens with zero attached hydrogens (tertiary/aromatic N) is 3. The Bertz CT molecular complexity index is 806. The number of aromatic nitrogens is 3. The lowest BCUT2D eigenvalue weighted by Crippen LogP contribution is -2.43. The van der Waals surface area contributed by atoms with E-state index in [1.807, 2.05) is 13.8 Å². The molecule has 0 saturated carbocycles. The van der Waals surface area contributed by atoms with E-state index in [4.69, 9.17) is 0 Å². The van der Waals surface area contributed by atoms with Gasteiger partial charge in [0.1, 0.15) is 0 Å². The zero-order valence-electron chi connectivity index (χ0n) is 14.3. The SMILES string of the molecule is CC(C)CNC(=O)NC(=O)C(C)Sc1nnc2ccc(C(F)(F)F)cn12. The van der Waals surface area contributed by atoms with Crippen LogP contribution in [0.5, 0.6) is 0 Å². The molecule has 0 saturated heterocycles. The van der Waals surface area contributed by atoms with Crippen LogP contribution in [0.3, 0.4) is 0 Å². The summed E-state index contributed by atoms with van der Waals surface area (Å²) in [5, 5.41) is 11.7. The van der Waals surface area contributed by atoms with Crippen molar-refractivity contribution in [3.05, 3.63) is 23.9 Å². The molecule has 0 aliphatic carbocycles. The van der Waals surface area contributed by atoms with E-state index in [0.717, 1.165) is 28.4 Å². The summed E-state index contributed by atoms with van der Waals surface area (Å²) in [5.74, 6) is -0.354. The fraction of sp³-hybridized carbons (Fsp3) is 0.467. The van der Waals surface area contributed by atoms with Crippen molar-refractivity contribution in [1.82, 2.24) is 25.2 Å². The summed E-state index contributed by atoms with van der Waals surface area (Å²) in [6.07, 6.45) is -3.63. The predicted molar refractivity (Wildman–Crippen MR) is 89.7 cm³/mol. The first-order chi connectivity index (χ1) is 12.1. The molecule has 26 heavy (non-hydrogen) atoms. The van der Waals surface area contributed by atoms with Gasteiger partial charge < -0.3 is 5.32 Å². The van der Waals surface area contributed by atoms with Crippen LogP contribution in [0.2, 0.25) is 0 Å². The van der Waals surface area contributed by atoms with Gasteiger partial charge in [-0.25, -0.2) is 4.79 Å². The molecular weight excluding hydrogens is 371 g/mol. The minimum Gasteiger partial charge on any atom is -0.338 e. The van der Waals surface area contributed by atoms with Gasteiger partial charge in [0.05, 0.1) is 10.8 Å². The van der Waals surface area contributed by atoms with Gasteiger partial charge in [-0.15, -0.1) is 10.2 Å². The van der Waals surface area contributed by atoms with Crippen molar-refractivity contribution in [3.8, 4) is 0 Å². The van der Waals surface area contributed by atoms with E-state index in [-0.39, 0.29) is 16.7 Å². The van der Waals surface area contributed by atoms with Crippen LogP contribution in [0, 0.1) is 5.92 Å². The van der Waals surface area contributed by atoms with Gasteiger partial charge in [-0.05, 0) is 25.0 Å². The third-order valence-electron chi connectivity index (χ3n) is 3.26. The maximum absolute atomic E-state index is 12.8. The molecule has 11 heteroatoms. The van der Waals surface area contributed by atoms with Crippen LogP contribution in [0.1, 0.15) is 26.3 Å². The smallest absolute Gasteiger partial charge is 0.338 e. The molecule has 3 amide bonds. The topological polar surface area (TPSA) is 88.4 Å². The molecule has 0 aliphatic heterocycles. The molecule has 0 fully saturated rings. The van der Waals surface area contributed by atoms with E-state index in [2.05, 4.69) is 20.8 Å². The molecule has 142 valence electrons. The Hall–Kier alpha value is -2.30. The molecule has 1 atom stereocenters. The number of thioether (sulfide) groups is 1. The predicted octanol–water partition coefficient (Wildman–Crippen LogP) is 2.71. The van der Waals surface area contributed by atoms with Crippen molar-refractivity contribution in [2.45, 2.75) is 37.4 Å². The summed E-state index contributed by atoms with van der Waals surface area (Å²) in [6, 6.07) is 1.49. The fourth-order valence-electron chi connectivity index (χ4n) is 1.88. The maximum Gasteiger partial charge on any atom is 0.417 e. The van der Waals surface area contributed by atoms with E-state index in [1.54, 1.807) is 0 Å². The lowest BCUT2D eigenvalue weighted by Gasteiger charge is -2.12. The zero-order chi connectivity index (χ0) is 19.5. The second kappa shape index (κ2) is 7.94.